The van der Waals surface area contributed by atoms with Crippen LogP contribution in [0.5, 0.6) is 0 Å². The van der Waals surface area contributed by atoms with Crippen molar-refractivity contribution in [3.8, 4) is 0 Å². The predicted molar refractivity (Wildman–Crippen MR) is 62.1 cm³/mol. The van der Waals surface area contributed by atoms with E-state index in [9.17, 15) is 0 Å². The van der Waals surface area contributed by atoms with Crippen LogP contribution in [0.1, 0.15) is 17.7 Å². The quantitative estimate of drug-likeness (QED) is 0.732. The number of hydrogen-bond acceptors (Lipinski definition) is 3. The van der Waals surface area contributed by atoms with Crippen molar-refractivity contribution in [3.05, 3.63) is 21.3 Å². The smallest absolute Gasteiger partial charge is 0.0516 e. The van der Waals surface area contributed by atoms with Crippen LogP contribution in [0.2, 0.25) is 5.02 Å². The highest BCUT2D eigenvalue weighted by Crippen LogP contribution is 2.18. The van der Waals surface area contributed by atoms with E-state index in [1.165, 1.54) is 4.88 Å². The number of unbranched alkanes of at least 4 members (excludes halogenated alkanes) is 1. The maximum absolute atomic E-state index is 5.81. The number of methoxy groups -OCH3 is 1. The Morgan fingerprint density at radius 2 is 2.36 bits per heavy atom. The van der Waals surface area contributed by atoms with Crippen molar-refractivity contribution in [3.63, 3.8) is 0 Å². The largest absolute Gasteiger partial charge is 0.385 e. The van der Waals surface area contributed by atoms with Crippen molar-refractivity contribution >= 4 is 22.9 Å². The zero-order valence-corrected chi connectivity index (χ0v) is 9.96. The summed E-state index contributed by atoms with van der Waals surface area (Å²) in [7, 11) is 1.74. The van der Waals surface area contributed by atoms with E-state index in [0.29, 0.717) is 0 Å². The van der Waals surface area contributed by atoms with Gasteiger partial charge in [0.2, 0.25) is 0 Å². The van der Waals surface area contributed by atoms with Crippen molar-refractivity contribution in [2.45, 2.75) is 19.4 Å². The average molecular weight is 234 g/mol. The van der Waals surface area contributed by atoms with E-state index in [0.717, 1.165) is 37.6 Å². The minimum absolute atomic E-state index is 0.839. The number of thiophene rings is 1. The Hall–Kier alpha value is -0.0900. The molecule has 14 heavy (non-hydrogen) atoms. The van der Waals surface area contributed by atoms with Crippen LogP contribution in [0.15, 0.2) is 11.4 Å². The van der Waals surface area contributed by atoms with Gasteiger partial charge in [-0.05, 0) is 25.5 Å². The van der Waals surface area contributed by atoms with Gasteiger partial charge in [-0.3, -0.25) is 0 Å². The second-order valence-corrected chi connectivity index (χ2v) is 4.54. The molecule has 80 valence electrons. The first-order valence-corrected chi connectivity index (χ1v) is 6.01. The monoisotopic (exact) mass is 233 g/mol. The normalized spacial score (nSPS) is 10.7. The van der Waals surface area contributed by atoms with Crippen molar-refractivity contribution in [2.75, 3.05) is 20.3 Å². The van der Waals surface area contributed by atoms with Crippen LogP contribution in [0.25, 0.3) is 0 Å². The highest BCUT2D eigenvalue weighted by Gasteiger charge is 1.96. The zero-order chi connectivity index (χ0) is 10.2. The maximum atomic E-state index is 5.81. The van der Waals surface area contributed by atoms with Crippen LogP contribution in [-0.2, 0) is 11.3 Å². The first kappa shape index (κ1) is 12.0. The van der Waals surface area contributed by atoms with Gasteiger partial charge in [0.05, 0.1) is 5.02 Å². The molecule has 0 atom stereocenters. The number of halogens is 1. The van der Waals surface area contributed by atoms with Crippen LogP contribution in [0.4, 0.5) is 0 Å². The van der Waals surface area contributed by atoms with Crippen molar-refractivity contribution < 1.29 is 4.74 Å². The van der Waals surface area contributed by atoms with Gasteiger partial charge in [0, 0.05) is 30.5 Å². The molecular formula is C10H16ClNOS. The molecule has 1 rings (SSSR count). The summed E-state index contributed by atoms with van der Waals surface area (Å²) in [6, 6.07) is 2.01. The first-order valence-electron chi connectivity index (χ1n) is 4.75. The molecule has 0 spiro atoms. The second-order valence-electron chi connectivity index (χ2n) is 3.11. The lowest BCUT2D eigenvalue weighted by Gasteiger charge is -2.02. The molecule has 0 aromatic carbocycles. The molecule has 0 bridgehead atoms. The van der Waals surface area contributed by atoms with Crippen LogP contribution >= 0.6 is 22.9 Å². The van der Waals surface area contributed by atoms with E-state index in [1.807, 2.05) is 11.4 Å². The Kier molecular flexibility index (Phi) is 6.19. The summed E-state index contributed by atoms with van der Waals surface area (Å²) >= 11 is 7.51. The molecule has 0 amide bonds. The molecule has 1 N–H and O–H groups in total. The summed E-state index contributed by atoms with van der Waals surface area (Å²) in [4.78, 5) is 1.29. The molecule has 0 saturated heterocycles. The first-order chi connectivity index (χ1) is 6.83. The number of rotatable bonds is 7. The average Bonchev–Trinajstić information content (AvgIpc) is 2.58. The van der Waals surface area contributed by atoms with Crippen LogP contribution in [0, 0.1) is 0 Å². The zero-order valence-electron chi connectivity index (χ0n) is 8.38. The molecule has 0 aliphatic heterocycles. The number of nitrogens with one attached hydrogen (secondary N) is 1. The van der Waals surface area contributed by atoms with E-state index in [2.05, 4.69) is 5.32 Å². The molecule has 0 unspecified atom stereocenters. The lowest BCUT2D eigenvalue weighted by molar-refractivity contribution is 0.192. The Balaban J connectivity index is 1.99. The molecule has 2 nitrogen and oxygen atoms in total. The highest BCUT2D eigenvalue weighted by atomic mass is 35.5. The standard InChI is InChI=1S/C10H16ClNOS/c1-13-5-3-2-4-12-7-10-6-9(11)8-14-10/h6,8,12H,2-5,7H2,1H3. The van der Waals surface area contributed by atoms with E-state index in [4.69, 9.17) is 16.3 Å². The van der Waals surface area contributed by atoms with Gasteiger partial charge in [-0.15, -0.1) is 11.3 Å². The fraction of sp³-hybridized carbons (Fsp3) is 0.600. The lowest BCUT2D eigenvalue weighted by Crippen LogP contribution is -2.14. The van der Waals surface area contributed by atoms with Gasteiger partial charge in [0.1, 0.15) is 0 Å². The summed E-state index contributed by atoms with van der Waals surface area (Å²) in [5.74, 6) is 0. The Bertz CT molecular complexity index is 252. The van der Waals surface area contributed by atoms with Gasteiger partial charge in [-0.2, -0.15) is 0 Å². The Labute approximate surface area is 94.2 Å². The minimum atomic E-state index is 0.839. The summed E-state index contributed by atoms with van der Waals surface area (Å²) in [5, 5.41) is 6.17. The Morgan fingerprint density at radius 1 is 1.50 bits per heavy atom. The molecular weight excluding hydrogens is 218 g/mol. The van der Waals surface area contributed by atoms with E-state index >= 15 is 0 Å². The summed E-state index contributed by atoms with van der Waals surface area (Å²) < 4.78 is 4.97. The van der Waals surface area contributed by atoms with Gasteiger partial charge < -0.3 is 10.1 Å². The fourth-order valence-corrected chi connectivity index (χ4v) is 2.20. The molecule has 0 radical (unpaired) electrons. The van der Waals surface area contributed by atoms with Crippen molar-refractivity contribution in [2.24, 2.45) is 0 Å². The molecule has 4 heteroatoms. The van der Waals surface area contributed by atoms with Crippen LogP contribution in [-0.4, -0.2) is 20.3 Å². The summed E-state index contributed by atoms with van der Waals surface area (Å²) in [6.07, 6.45) is 2.28. The molecule has 0 aliphatic carbocycles. The molecule has 0 saturated carbocycles. The van der Waals surface area contributed by atoms with Gasteiger partial charge in [0.15, 0.2) is 0 Å². The number of ether oxygens (including phenoxy) is 1. The maximum Gasteiger partial charge on any atom is 0.0516 e. The third kappa shape index (κ3) is 4.96. The van der Waals surface area contributed by atoms with Gasteiger partial charge in [-0.1, -0.05) is 11.6 Å². The van der Waals surface area contributed by atoms with Gasteiger partial charge >= 0.3 is 0 Å². The van der Waals surface area contributed by atoms with Crippen molar-refractivity contribution in [1.29, 1.82) is 0 Å². The molecule has 1 aromatic rings. The fourth-order valence-electron chi connectivity index (χ4n) is 1.15. The molecule has 0 fully saturated rings. The SMILES string of the molecule is COCCCCNCc1cc(Cl)cs1. The summed E-state index contributed by atoms with van der Waals surface area (Å²) in [5.41, 5.74) is 0. The molecule has 1 heterocycles. The Morgan fingerprint density at radius 3 is 3.00 bits per heavy atom. The minimum Gasteiger partial charge on any atom is -0.385 e. The second kappa shape index (κ2) is 7.23. The molecule has 1 aromatic heterocycles. The highest BCUT2D eigenvalue weighted by molar-refractivity contribution is 7.10. The predicted octanol–water partition coefficient (Wildman–Crippen LogP) is 2.92. The molecule has 0 aliphatic rings. The topological polar surface area (TPSA) is 21.3 Å². The van der Waals surface area contributed by atoms with E-state index in [-0.39, 0.29) is 0 Å². The lowest BCUT2D eigenvalue weighted by atomic mass is 10.3. The third-order valence-corrected chi connectivity index (χ3v) is 3.16. The van der Waals surface area contributed by atoms with E-state index < -0.39 is 0 Å². The number of hydrogen-bond donors (Lipinski definition) is 1. The van der Waals surface area contributed by atoms with Crippen molar-refractivity contribution in [1.82, 2.24) is 5.32 Å². The van der Waals surface area contributed by atoms with Crippen LogP contribution in [0.3, 0.4) is 0 Å². The van der Waals surface area contributed by atoms with Crippen LogP contribution < -0.4 is 5.32 Å². The van der Waals surface area contributed by atoms with Gasteiger partial charge in [-0.25, -0.2) is 0 Å². The van der Waals surface area contributed by atoms with E-state index in [1.54, 1.807) is 18.4 Å². The van der Waals surface area contributed by atoms with Gasteiger partial charge in [0.25, 0.3) is 0 Å². The third-order valence-electron chi connectivity index (χ3n) is 1.87. The summed E-state index contributed by atoms with van der Waals surface area (Å²) in [6.45, 7) is 2.82.